The second-order valence-corrected chi connectivity index (χ2v) is 9.12. The zero-order valence-electron chi connectivity index (χ0n) is 15.1. The first-order valence-electron chi connectivity index (χ1n) is 9.09. The van der Waals surface area contributed by atoms with E-state index in [2.05, 4.69) is 6.92 Å². The second kappa shape index (κ2) is 8.04. The van der Waals surface area contributed by atoms with Crippen LogP contribution in [0.25, 0.3) is 0 Å². The van der Waals surface area contributed by atoms with Crippen molar-refractivity contribution in [1.82, 2.24) is 4.90 Å². The van der Waals surface area contributed by atoms with E-state index in [0.717, 1.165) is 24.9 Å². The van der Waals surface area contributed by atoms with Crippen LogP contribution in [0.15, 0.2) is 54.6 Å². The summed E-state index contributed by atoms with van der Waals surface area (Å²) in [6, 6.07) is 16.5. The Bertz CT molecular complexity index is 845. The van der Waals surface area contributed by atoms with E-state index in [4.69, 9.17) is 0 Å². The van der Waals surface area contributed by atoms with Crippen LogP contribution >= 0.6 is 0 Å². The summed E-state index contributed by atoms with van der Waals surface area (Å²) in [6.45, 7) is 2.88. The maximum absolute atomic E-state index is 12.7. The Balaban J connectivity index is 1.66. The number of amides is 1. The highest BCUT2D eigenvalue weighted by Crippen LogP contribution is 2.20. The molecule has 0 radical (unpaired) electrons. The van der Waals surface area contributed by atoms with Crippen molar-refractivity contribution in [3.05, 3.63) is 71.3 Å². The summed E-state index contributed by atoms with van der Waals surface area (Å²) in [5.41, 5.74) is 2.13. The van der Waals surface area contributed by atoms with Gasteiger partial charge in [0.15, 0.2) is 9.84 Å². The molecule has 26 heavy (non-hydrogen) atoms. The summed E-state index contributed by atoms with van der Waals surface area (Å²) in [6.07, 6.45) is 3.26. The molecule has 0 unspecified atom stereocenters. The Morgan fingerprint density at radius 3 is 2.19 bits per heavy atom. The highest BCUT2D eigenvalue weighted by Gasteiger charge is 2.24. The molecule has 2 aromatic carbocycles. The Hall–Kier alpha value is -2.14. The minimum atomic E-state index is -3.25. The molecule has 1 fully saturated rings. The van der Waals surface area contributed by atoms with Gasteiger partial charge in [0.2, 0.25) is 0 Å². The van der Waals surface area contributed by atoms with Gasteiger partial charge in [-0.1, -0.05) is 42.5 Å². The molecule has 1 saturated heterocycles. The zero-order chi connectivity index (χ0) is 18.6. The lowest BCUT2D eigenvalue weighted by Crippen LogP contribution is -2.42. The van der Waals surface area contributed by atoms with Crippen LogP contribution in [0.4, 0.5) is 0 Å². The molecule has 0 saturated carbocycles. The Morgan fingerprint density at radius 1 is 0.962 bits per heavy atom. The number of hydrogen-bond donors (Lipinski definition) is 0. The van der Waals surface area contributed by atoms with E-state index < -0.39 is 9.84 Å². The van der Waals surface area contributed by atoms with Crippen molar-refractivity contribution in [2.45, 2.75) is 43.7 Å². The predicted molar refractivity (Wildman–Crippen MR) is 104 cm³/mol. The van der Waals surface area contributed by atoms with E-state index in [1.807, 2.05) is 35.2 Å². The van der Waals surface area contributed by atoms with Gasteiger partial charge in [-0.3, -0.25) is 4.79 Å². The molecule has 0 aliphatic carbocycles. The maximum Gasteiger partial charge on any atom is 0.254 e. The summed E-state index contributed by atoms with van der Waals surface area (Å²) in [7, 11) is -3.25. The van der Waals surface area contributed by atoms with Gasteiger partial charge in [-0.05, 0) is 49.4 Å². The molecule has 4 nitrogen and oxygen atoms in total. The number of piperidine rings is 1. The Kier molecular flexibility index (Phi) is 5.77. The monoisotopic (exact) mass is 371 g/mol. The molecule has 1 heterocycles. The average molecular weight is 372 g/mol. The van der Waals surface area contributed by atoms with Crippen molar-refractivity contribution in [3.8, 4) is 0 Å². The van der Waals surface area contributed by atoms with E-state index in [9.17, 15) is 13.2 Å². The highest BCUT2D eigenvalue weighted by atomic mass is 32.2. The van der Waals surface area contributed by atoms with Crippen LogP contribution in [0.5, 0.6) is 0 Å². The first kappa shape index (κ1) is 18.6. The van der Waals surface area contributed by atoms with Gasteiger partial charge in [0.1, 0.15) is 0 Å². The second-order valence-electron chi connectivity index (χ2n) is 7.06. The topological polar surface area (TPSA) is 54.5 Å². The molecule has 1 atom stereocenters. The van der Waals surface area contributed by atoms with Crippen LogP contribution in [0, 0.1) is 0 Å². The van der Waals surface area contributed by atoms with E-state index in [1.54, 1.807) is 24.3 Å². The normalized spacial score (nSPS) is 17.9. The van der Waals surface area contributed by atoms with Crippen LogP contribution in [0.3, 0.4) is 0 Å². The first-order chi connectivity index (χ1) is 12.4. The average Bonchev–Trinajstić information content (AvgIpc) is 2.62. The third-order valence-electron chi connectivity index (χ3n) is 4.88. The molecule has 0 aromatic heterocycles. The van der Waals surface area contributed by atoms with Crippen LogP contribution in [-0.4, -0.2) is 31.8 Å². The van der Waals surface area contributed by atoms with Crippen LogP contribution in [-0.2, 0) is 21.3 Å². The number of nitrogens with zero attached hydrogens (tertiary/aromatic N) is 1. The van der Waals surface area contributed by atoms with Gasteiger partial charge >= 0.3 is 0 Å². The zero-order valence-corrected chi connectivity index (χ0v) is 15.9. The largest absolute Gasteiger partial charge is 0.336 e. The molecule has 0 bridgehead atoms. The molecule has 2 aromatic rings. The standard InChI is InChI=1S/C21H25NO3S/c1-17-7-5-6-14-22(17)21(23)20-12-10-19(11-13-20)16-26(24,25)15-18-8-3-2-4-9-18/h2-4,8-13,17H,5-7,14-16H2,1H3/t17-/m1/s1. The molecular weight excluding hydrogens is 346 g/mol. The van der Waals surface area contributed by atoms with Crippen molar-refractivity contribution >= 4 is 15.7 Å². The van der Waals surface area contributed by atoms with Crippen molar-refractivity contribution in [2.75, 3.05) is 6.54 Å². The predicted octanol–water partition coefficient (Wildman–Crippen LogP) is 3.82. The minimum Gasteiger partial charge on any atom is -0.336 e. The quantitative estimate of drug-likeness (QED) is 0.803. The van der Waals surface area contributed by atoms with Crippen molar-refractivity contribution in [1.29, 1.82) is 0 Å². The van der Waals surface area contributed by atoms with Gasteiger partial charge in [-0.2, -0.15) is 0 Å². The lowest BCUT2D eigenvalue weighted by atomic mass is 10.0. The number of hydrogen-bond acceptors (Lipinski definition) is 3. The lowest BCUT2D eigenvalue weighted by molar-refractivity contribution is 0.0635. The molecule has 1 amide bonds. The van der Waals surface area contributed by atoms with Gasteiger partial charge in [0.05, 0.1) is 11.5 Å². The summed E-state index contributed by atoms with van der Waals surface area (Å²) < 4.78 is 24.8. The van der Waals surface area contributed by atoms with Crippen LogP contribution in [0.1, 0.15) is 47.7 Å². The number of carbonyl (C=O) groups is 1. The maximum atomic E-state index is 12.7. The number of sulfone groups is 1. The number of likely N-dealkylation sites (tertiary alicyclic amines) is 1. The van der Waals surface area contributed by atoms with E-state index in [0.29, 0.717) is 11.1 Å². The lowest BCUT2D eigenvalue weighted by Gasteiger charge is -2.33. The summed E-state index contributed by atoms with van der Waals surface area (Å²) >= 11 is 0. The molecule has 0 N–H and O–H groups in total. The molecule has 1 aliphatic heterocycles. The smallest absolute Gasteiger partial charge is 0.254 e. The van der Waals surface area contributed by atoms with Gasteiger partial charge in [0.25, 0.3) is 5.91 Å². The SMILES string of the molecule is C[C@@H]1CCCCN1C(=O)c1ccc(CS(=O)(=O)Cc2ccccc2)cc1. The molecule has 138 valence electrons. The Labute approximate surface area is 155 Å². The fourth-order valence-electron chi connectivity index (χ4n) is 3.44. The van der Waals surface area contributed by atoms with Gasteiger partial charge in [-0.15, -0.1) is 0 Å². The number of rotatable bonds is 5. The molecule has 1 aliphatic rings. The molecular formula is C21H25NO3S. The Morgan fingerprint density at radius 2 is 1.58 bits per heavy atom. The van der Waals surface area contributed by atoms with Gasteiger partial charge in [-0.25, -0.2) is 8.42 Å². The van der Waals surface area contributed by atoms with Crippen molar-refractivity contribution in [3.63, 3.8) is 0 Å². The van der Waals surface area contributed by atoms with Crippen LogP contribution < -0.4 is 0 Å². The molecule has 3 rings (SSSR count). The van der Waals surface area contributed by atoms with Crippen LogP contribution in [0.2, 0.25) is 0 Å². The van der Waals surface area contributed by atoms with Crippen molar-refractivity contribution in [2.24, 2.45) is 0 Å². The summed E-state index contributed by atoms with van der Waals surface area (Å²) in [4.78, 5) is 14.6. The van der Waals surface area contributed by atoms with Crippen molar-refractivity contribution < 1.29 is 13.2 Å². The molecule has 5 heteroatoms. The van der Waals surface area contributed by atoms with Gasteiger partial charge in [0, 0.05) is 18.2 Å². The van der Waals surface area contributed by atoms with E-state index in [1.165, 1.54) is 6.42 Å². The fraction of sp³-hybridized carbons (Fsp3) is 0.381. The molecule has 0 spiro atoms. The van der Waals surface area contributed by atoms with Gasteiger partial charge < -0.3 is 4.90 Å². The highest BCUT2D eigenvalue weighted by molar-refractivity contribution is 7.89. The number of carbonyl (C=O) groups excluding carboxylic acids is 1. The number of benzene rings is 2. The van der Waals surface area contributed by atoms with E-state index >= 15 is 0 Å². The third-order valence-corrected chi connectivity index (χ3v) is 6.43. The minimum absolute atomic E-state index is 0.0174. The third kappa shape index (κ3) is 4.73. The van der Waals surface area contributed by atoms with E-state index in [-0.39, 0.29) is 23.5 Å². The fourth-order valence-corrected chi connectivity index (χ4v) is 4.95. The first-order valence-corrected chi connectivity index (χ1v) is 10.9. The summed E-state index contributed by atoms with van der Waals surface area (Å²) in [5.74, 6) is 0.0481. The summed E-state index contributed by atoms with van der Waals surface area (Å²) in [5, 5.41) is 0.